The van der Waals surface area contributed by atoms with Crippen molar-refractivity contribution in [2.45, 2.75) is 12.8 Å². The summed E-state index contributed by atoms with van der Waals surface area (Å²) < 4.78 is 15.3. The van der Waals surface area contributed by atoms with E-state index in [9.17, 15) is 9.59 Å². The Morgan fingerprint density at radius 2 is 2.03 bits per heavy atom. The molecule has 1 amide bonds. The first-order chi connectivity index (χ1) is 17.3. The van der Waals surface area contributed by atoms with E-state index in [1.54, 1.807) is 48.6 Å². The molecule has 0 unspecified atom stereocenters. The third-order valence-electron chi connectivity index (χ3n) is 5.29. The van der Waals surface area contributed by atoms with E-state index < -0.39 is 17.7 Å². The quantitative estimate of drug-likeness (QED) is 0.293. The minimum Gasteiger partial charge on any atom is -0.481 e. The monoisotopic (exact) mass is 487 g/mol. The van der Waals surface area contributed by atoms with Crippen molar-refractivity contribution in [1.29, 1.82) is 0 Å². The Balaban J connectivity index is 2.18. The van der Waals surface area contributed by atoms with E-state index in [0.29, 0.717) is 44.0 Å². The lowest BCUT2D eigenvalue weighted by Crippen LogP contribution is -2.25. The average Bonchev–Trinajstić information content (AvgIpc) is 3.20. The van der Waals surface area contributed by atoms with Crippen molar-refractivity contribution in [3.8, 4) is 11.1 Å². The highest BCUT2D eigenvalue weighted by atomic mass is 19.1. The second kappa shape index (κ2) is 11.5. The van der Waals surface area contributed by atoms with Crippen LogP contribution in [0.5, 0.6) is 0 Å². The molecule has 0 saturated carbocycles. The van der Waals surface area contributed by atoms with Gasteiger partial charge in [0.25, 0.3) is 0 Å². The van der Waals surface area contributed by atoms with Crippen LogP contribution >= 0.6 is 0 Å². The van der Waals surface area contributed by atoms with Crippen molar-refractivity contribution in [2.24, 2.45) is 11.5 Å². The maximum atomic E-state index is 15.3. The van der Waals surface area contributed by atoms with E-state index in [-0.39, 0.29) is 18.4 Å². The van der Waals surface area contributed by atoms with Crippen LogP contribution < -0.4 is 27.4 Å². The van der Waals surface area contributed by atoms with Gasteiger partial charge in [-0.1, -0.05) is 43.5 Å². The highest BCUT2D eigenvalue weighted by Crippen LogP contribution is 2.29. The lowest BCUT2D eigenvalue weighted by atomic mass is 10.00. The number of rotatable bonds is 9. The van der Waals surface area contributed by atoms with Gasteiger partial charge in [0.05, 0.1) is 18.0 Å². The Hall–Kier alpha value is -4.92. The van der Waals surface area contributed by atoms with Gasteiger partial charge < -0.3 is 26.9 Å². The van der Waals surface area contributed by atoms with Crippen LogP contribution in [0.15, 0.2) is 79.2 Å². The first-order valence-corrected chi connectivity index (χ1v) is 10.9. The summed E-state index contributed by atoms with van der Waals surface area (Å²) in [6.45, 7) is 7.72. The second-order valence-electron chi connectivity index (χ2n) is 7.73. The van der Waals surface area contributed by atoms with Crippen LogP contribution in [0, 0.1) is 5.82 Å². The van der Waals surface area contributed by atoms with Gasteiger partial charge in [-0.15, -0.1) is 0 Å². The molecule has 2 heterocycles. The van der Waals surface area contributed by atoms with Crippen molar-refractivity contribution in [1.82, 2.24) is 9.97 Å². The minimum absolute atomic E-state index is 0.181. The summed E-state index contributed by atoms with van der Waals surface area (Å²) >= 11 is 0. The molecule has 8 nitrogen and oxygen atoms in total. The van der Waals surface area contributed by atoms with Crippen LogP contribution in [-0.2, 0) is 9.59 Å². The number of nitrogens with two attached hydrogens (primary N) is 2. The molecule has 0 radical (unpaired) electrons. The number of carboxylic acids is 1. The van der Waals surface area contributed by atoms with Crippen LogP contribution in [0.4, 0.5) is 10.1 Å². The lowest BCUT2D eigenvalue weighted by Gasteiger charge is -2.09. The molecular weight excluding hydrogens is 461 g/mol. The number of aromatic amines is 1. The molecule has 0 aliphatic carbocycles. The largest absolute Gasteiger partial charge is 0.481 e. The van der Waals surface area contributed by atoms with Crippen LogP contribution in [0.3, 0.4) is 0 Å². The van der Waals surface area contributed by atoms with Gasteiger partial charge in [0.15, 0.2) is 0 Å². The zero-order valence-corrected chi connectivity index (χ0v) is 19.4. The molecule has 0 fully saturated rings. The predicted octanol–water partition coefficient (Wildman–Crippen LogP) is 2.79. The van der Waals surface area contributed by atoms with Gasteiger partial charge >= 0.3 is 5.97 Å². The Labute approximate surface area is 206 Å². The SMILES string of the molecule is C=C/C=C\C(=C/N)C(=C)/C=c1\c(=C/N)[nH]c2ncc(F)c(-c3cccc(NC(=O)CCC(=O)O)c3)c12. The molecule has 36 heavy (non-hydrogen) atoms. The summed E-state index contributed by atoms with van der Waals surface area (Å²) in [4.78, 5) is 30.1. The summed E-state index contributed by atoms with van der Waals surface area (Å²) in [6.07, 6.45) is 10.2. The van der Waals surface area contributed by atoms with Gasteiger partial charge in [-0.05, 0) is 34.9 Å². The molecule has 0 atom stereocenters. The predicted molar refractivity (Wildman–Crippen MR) is 140 cm³/mol. The molecule has 9 heteroatoms. The standard InChI is InChI=1S/C27H26FN5O3/c1-3-4-6-18(13-29)16(2)11-20-22(14-30)33-27-26(20)25(21(28)15-31-27)17-7-5-8-19(12-17)32-23(34)9-10-24(35)36/h3-8,11-15H,1-2,9-10,29-30H2,(H,31,33)(H,32,34)(H,35,36)/b6-4-,18-13+,20-11+,22-14+. The molecule has 184 valence electrons. The highest BCUT2D eigenvalue weighted by Gasteiger charge is 2.16. The second-order valence-corrected chi connectivity index (χ2v) is 7.73. The number of allylic oxidation sites excluding steroid dienone is 5. The van der Waals surface area contributed by atoms with Gasteiger partial charge in [0, 0.05) is 40.7 Å². The topological polar surface area (TPSA) is 147 Å². The van der Waals surface area contributed by atoms with Crippen molar-refractivity contribution in [3.05, 3.63) is 95.6 Å². The number of carbonyl (C=O) groups is 2. The summed E-state index contributed by atoms with van der Waals surface area (Å²) in [7, 11) is 0. The molecular formula is C27H26FN5O3. The maximum Gasteiger partial charge on any atom is 0.303 e. The smallest absolute Gasteiger partial charge is 0.303 e. The number of hydrogen-bond donors (Lipinski definition) is 5. The summed E-state index contributed by atoms with van der Waals surface area (Å²) in [5.41, 5.74) is 14.3. The van der Waals surface area contributed by atoms with E-state index in [0.717, 1.165) is 6.20 Å². The first kappa shape index (κ1) is 25.7. The summed E-state index contributed by atoms with van der Waals surface area (Å²) in [6, 6.07) is 6.59. The summed E-state index contributed by atoms with van der Waals surface area (Å²) in [5.74, 6) is -2.12. The van der Waals surface area contributed by atoms with Crippen molar-refractivity contribution in [2.75, 3.05) is 5.32 Å². The molecule has 0 bridgehead atoms. The number of halogens is 1. The Morgan fingerprint density at radius 1 is 1.25 bits per heavy atom. The molecule has 0 spiro atoms. The van der Waals surface area contributed by atoms with Gasteiger partial charge in [-0.3, -0.25) is 9.59 Å². The zero-order chi connectivity index (χ0) is 26.2. The number of H-pyrrole nitrogens is 1. The first-order valence-electron chi connectivity index (χ1n) is 10.9. The highest BCUT2D eigenvalue weighted by molar-refractivity contribution is 5.97. The van der Waals surface area contributed by atoms with Crippen LogP contribution in [0.1, 0.15) is 12.8 Å². The Bertz CT molecular complexity index is 1530. The number of anilines is 1. The fourth-order valence-corrected chi connectivity index (χ4v) is 3.63. The van der Waals surface area contributed by atoms with Gasteiger partial charge in [0.1, 0.15) is 11.5 Å². The number of carboxylic acid groups (broad SMARTS) is 1. The van der Waals surface area contributed by atoms with E-state index in [2.05, 4.69) is 28.4 Å². The minimum atomic E-state index is -1.07. The molecule has 0 aliphatic rings. The average molecular weight is 488 g/mol. The fraction of sp³-hybridized carbons (Fsp3) is 0.0741. The number of nitrogens with one attached hydrogen (secondary N) is 2. The van der Waals surface area contributed by atoms with Crippen LogP contribution in [-0.4, -0.2) is 27.0 Å². The van der Waals surface area contributed by atoms with Crippen LogP contribution in [0.2, 0.25) is 0 Å². The lowest BCUT2D eigenvalue weighted by molar-refractivity contribution is -0.138. The summed E-state index contributed by atoms with van der Waals surface area (Å²) in [5, 5.41) is 13.0. The van der Waals surface area contributed by atoms with Crippen molar-refractivity contribution in [3.63, 3.8) is 0 Å². The Kier molecular flexibility index (Phi) is 8.19. The van der Waals surface area contributed by atoms with E-state index >= 15 is 4.39 Å². The number of fused-ring (bicyclic) bond motifs is 1. The third kappa shape index (κ3) is 5.76. The number of hydrogen-bond acceptors (Lipinski definition) is 5. The molecule has 7 N–H and O–H groups in total. The number of pyridine rings is 1. The van der Waals surface area contributed by atoms with Gasteiger partial charge in [0.2, 0.25) is 5.91 Å². The Morgan fingerprint density at radius 3 is 2.69 bits per heavy atom. The number of amides is 1. The van der Waals surface area contributed by atoms with Gasteiger partial charge in [-0.25, -0.2) is 9.37 Å². The molecule has 2 aromatic heterocycles. The molecule has 0 aliphatic heterocycles. The van der Waals surface area contributed by atoms with Crippen molar-refractivity contribution < 1.29 is 19.1 Å². The molecule has 3 aromatic rings. The number of nitrogens with zero attached hydrogens (tertiary/aromatic N) is 1. The fourth-order valence-electron chi connectivity index (χ4n) is 3.63. The van der Waals surface area contributed by atoms with Crippen LogP contribution in [0.25, 0.3) is 34.4 Å². The van der Waals surface area contributed by atoms with E-state index in [4.69, 9.17) is 16.6 Å². The zero-order valence-electron chi connectivity index (χ0n) is 19.4. The molecule has 1 aromatic carbocycles. The maximum absolute atomic E-state index is 15.3. The number of benzene rings is 1. The molecule has 3 rings (SSSR count). The van der Waals surface area contributed by atoms with Gasteiger partial charge in [-0.2, -0.15) is 0 Å². The molecule has 0 saturated heterocycles. The third-order valence-corrected chi connectivity index (χ3v) is 5.29. The number of carbonyl (C=O) groups excluding carboxylic acids is 1. The van der Waals surface area contributed by atoms with E-state index in [1.807, 2.05) is 0 Å². The number of aliphatic carboxylic acids is 1. The normalized spacial score (nSPS) is 12.9. The van der Waals surface area contributed by atoms with E-state index in [1.165, 1.54) is 12.4 Å². The van der Waals surface area contributed by atoms with Crippen molar-refractivity contribution >= 4 is 40.9 Å². The number of aromatic nitrogens is 2.